The van der Waals surface area contributed by atoms with Crippen molar-refractivity contribution < 1.29 is 18.1 Å². The van der Waals surface area contributed by atoms with Crippen LogP contribution in [0, 0.1) is 20.8 Å². The number of phosphoric ester groups is 1. The van der Waals surface area contributed by atoms with E-state index in [1.54, 1.807) is 18.2 Å². The molecule has 0 heterocycles. The average molecular weight is 542 g/mol. The SMILES string of the molecule is Cc1ccccc1OP(=O)(Oc1ccccc1C)Oc1ccccc1C.[CsH].[KH]. The Balaban J connectivity index is 0.00000196. The van der Waals surface area contributed by atoms with Gasteiger partial charge in [0.25, 0.3) is 0 Å². The Morgan fingerprint density at radius 3 is 1.07 bits per heavy atom. The molecule has 0 amide bonds. The van der Waals surface area contributed by atoms with Gasteiger partial charge in [0.1, 0.15) is 17.2 Å². The second-order valence-corrected chi connectivity index (χ2v) is 7.46. The zero-order valence-electron chi connectivity index (χ0n) is 15.0. The van der Waals surface area contributed by atoms with E-state index < -0.39 is 7.82 Å². The van der Waals surface area contributed by atoms with E-state index in [1.165, 1.54) is 0 Å². The minimum atomic E-state index is -3.97. The monoisotopic (exact) mass is 542 g/mol. The predicted molar refractivity (Wildman–Crippen MR) is 117 cm³/mol. The molecule has 0 radical (unpaired) electrons. The number of phosphoric acid groups is 1. The van der Waals surface area contributed by atoms with Crippen molar-refractivity contribution in [2.75, 3.05) is 0 Å². The third-order valence-electron chi connectivity index (χ3n) is 3.91. The third-order valence-corrected chi connectivity index (χ3v) is 5.17. The van der Waals surface area contributed by atoms with Crippen LogP contribution in [0.2, 0.25) is 0 Å². The van der Waals surface area contributed by atoms with Gasteiger partial charge in [0.05, 0.1) is 0 Å². The van der Waals surface area contributed by atoms with Crippen LogP contribution in [0.1, 0.15) is 16.7 Å². The van der Waals surface area contributed by atoms with E-state index in [1.807, 2.05) is 75.4 Å². The van der Waals surface area contributed by atoms with E-state index in [4.69, 9.17) is 13.6 Å². The fourth-order valence-corrected chi connectivity index (χ4v) is 3.84. The van der Waals surface area contributed by atoms with Crippen molar-refractivity contribution in [2.24, 2.45) is 0 Å². The van der Waals surface area contributed by atoms with E-state index in [9.17, 15) is 4.57 Å². The van der Waals surface area contributed by atoms with Gasteiger partial charge in [-0.3, -0.25) is 0 Å². The zero-order valence-corrected chi connectivity index (χ0v) is 15.9. The van der Waals surface area contributed by atoms with Gasteiger partial charge in [-0.15, -0.1) is 0 Å². The van der Waals surface area contributed by atoms with Crippen molar-refractivity contribution in [3.8, 4) is 17.2 Å². The number of benzene rings is 3. The van der Waals surface area contributed by atoms with Crippen molar-refractivity contribution in [1.82, 2.24) is 0 Å². The first kappa shape index (κ1) is 27.0. The van der Waals surface area contributed by atoms with E-state index in [0.29, 0.717) is 17.2 Å². The molecule has 0 spiro atoms. The molecule has 0 aliphatic rings. The van der Waals surface area contributed by atoms with Gasteiger partial charge in [0.15, 0.2) is 0 Å². The van der Waals surface area contributed by atoms with Crippen LogP contribution < -0.4 is 13.6 Å². The summed E-state index contributed by atoms with van der Waals surface area (Å²) in [6, 6.07) is 22.0. The van der Waals surface area contributed by atoms with E-state index >= 15 is 0 Å². The average Bonchev–Trinajstić information content (AvgIpc) is 2.61. The van der Waals surface area contributed by atoms with E-state index in [0.717, 1.165) is 16.7 Å². The van der Waals surface area contributed by atoms with Crippen LogP contribution in [-0.4, -0.2) is 120 Å². The topological polar surface area (TPSA) is 44.8 Å². The molecule has 3 aromatic rings. The van der Waals surface area contributed by atoms with Crippen LogP contribution in [0.3, 0.4) is 0 Å². The molecule has 0 aliphatic heterocycles. The van der Waals surface area contributed by atoms with Gasteiger partial charge in [-0.25, -0.2) is 0 Å². The molecule has 7 heteroatoms. The molecule has 28 heavy (non-hydrogen) atoms. The molecule has 138 valence electrons. The Morgan fingerprint density at radius 1 is 0.571 bits per heavy atom. The standard InChI is InChI=1S/C21H21O4P.Cs.K.2H/c1-16-10-4-7-13-19(16)23-26(22,24-20-14-8-5-11-17(20)2)25-21-15-9-6-12-18(21)3;;;;/h4-15H,1-3H3;;;;. The Morgan fingerprint density at radius 2 is 0.821 bits per heavy atom. The second kappa shape index (κ2) is 12.7. The first-order chi connectivity index (χ1) is 12.5. The maximum absolute atomic E-state index is 13.5. The van der Waals surface area contributed by atoms with Crippen molar-refractivity contribution in [2.45, 2.75) is 20.8 Å². The fraction of sp³-hybridized carbons (Fsp3) is 0.143. The normalized spacial score (nSPS) is 10.2. The summed E-state index contributed by atoms with van der Waals surface area (Å²) < 4.78 is 30.8. The van der Waals surface area contributed by atoms with Gasteiger partial charge in [-0.1, -0.05) is 54.6 Å². The summed E-state index contributed by atoms with van der Waals surface area (Å²) in [6.45, 7) is 5.63. The third kappa shape index (κ3) is 7.59. The van der Waals surface area contributed by atoms with Gasteiger partial charge >= 0.3 is 128 Å². The molecule has 0 bridgehead atoms. The summed E-state index contributed by atoms with van der Waals surface area (Å²) in [5.74, 6) is 1.37. The first-order valence-corrected chi connectivity index (χ1v) is 9.79. The van der Waals surface area contributed by atoms with Crippen LogP contribution in [0.5, 0.6) is 17.2 Å². The molecule has 0 N–H and O–H groups in total. The Bertz CT molecular complexity index is 842. The Hall–Kier alpha value is 0.978. The van der Waals surface area contributed by atoms with Gasteiger partial charge in [0, 0.05) is 0 Å². The van der Waals surface area contributed by atoms with Gasteiger partial charge in [0.2, 0.25) is 0 Å². The number of aryl methyl sites for hydroxylation is 3. The fourth-order valence-electron chi connectivity index (χ4n) is 2.39. The second-order valence-electron chi connectivity index (χ2n) is 6.02. The summed E-state index contributed by atoms with van der Waals surface area (Å²) in [5, 5.41) is 0. The molecule has 0 atom stereocenters. The zero-order chi connectivity index (χ0) is 18.6. The van der Waals surface area contributed by atoms with Gasteiger partial charge in [-0.05, 0) is 55.7 Å². The molecule has 0 aromatic heterocycles. The molecular formula is C21H23CsKO4P. The maximum atomic E-state index is 13.5. The summed E-state index contributed by atoms with van der Waals surface area (Å²) in [6.07, 6.45) is 0. The van der Waals surface area contributed by atoms with Gasteiger partial charge < -0.3 is 13.6 Å². The molecule has 0 saturated heterocycles. The van der Waals surface area contributed by atoms with Crippen LogP contribution in [0.4, 0.5) is 0 Å². The van der Waals surface area contributed by atoms with Crippen LogP contribution >= 0.6 is 7.82 Å². The molecule has 3 aromatic carbocycles. The van der Waals surface area contributed by atoms with E-state index in [-0.39, 0.29) is 120 Å². The molecule has 4 nitrogen and oxygen atoms in total. The molecular weight excluding hydrogens is 519 g/mol. The van der Waals surface area contributed by atoms with Gasteiger partial charge in [-0.2, -0.15) is 4.57 Å². The first-order valence-electron chi connectivity index (χ1n) is 8.32. The number of hydrogen-bond acceptors (Lipinski definition) is 4. The number of hydrogen-bond donors (Lipinski definition) is 0. The minimum absolute atomic E-state index is 0. The summed E-state index contributed by atoms with van der Waals surface area (Å²) in [7, 11) is -3.97. The summed E-state index contributed by atoms with van der Waals surface area (Å²) in [5.41, 5.74) is 2.53. The number of rotatable bonds is 6. The quantitative estimate of drug-likeness (QED) is 0.327. The van der Waals surface area contributed by atoms with Crippen molar-refractivity contribution in [3.05, 3.63) is 89.5 Å². The van der Waals surface area contributed by atoms with Crippen LogP contribution in [0.25, 0.3) is 0 Å². The molecule has 0 saturated carbocycles. The Kier molecular flexibility index (Phi) is 12.3. The molecule has 0 aliphatic carbocycles. The molecule has 3 rings (SSSR count). The number of para-hydroxylation sites is 3. The Labute approximate surface area is 268 Å². The van der Waals surface area contributed by atoms with Crippen molar-refractivity contribution in [3.63, 3.8) is 0 Å². The van der Waals surface area contributed by atoms with Crippen molar-refractivity contribution in [1.29, 1.82) is 0 Å². The van der Waals surface area contributed by atoms with E-state index in [2.05, 4.69) is 0 Å². The van der Waals surface area contributed by atoms with Crippen LogP contribution in [-0.2, 0) is 4.57 Å². The molecule has 0 unspecified atom stereocenters. The summed E-state index contributed by atoms with van der Waals surface area (Å²) >= 11 is 0. The predicted octanol–water partition coefficient (Wildman–Crippen LogP) is 4.96. The molecule has 0 fully saturated rings. The summed E-state index contributed by atoms with van der Waals surface area (Å²) in [4.78, 5) is 0. The van der Waals surface area contributed by atoms with Crippen molar-refractivity contribution >= 4 is 128 Å². The van der Waals surface area contributed by atoms with Crippen LogP contribution in [0.15, 0.2) is 72.8 Å².